The average Bonchev–Trinajstić information content (AvgIpc) is 2.68. The van der Waals surface area contributed by atoms with Gasteiger partial charge in [0.1, 0.15) is 17.5 Å². The molecule has 1 aliphatic heterocycles. The molecule has 2 aromatic carbocycles. The van der Waals surface area contributed by atoms with Crippen molar-refractivity contribution in [1.29, 1.82) is 5.26 Å². The van der Waals surface area contributed by atoms with Crippen LogP contribution in [0.3, 0.4) is 0 Å². The van der Waals surface area contributed by atoms with Crippen LogP contribution in [0.2, 0.25) is 0 Å². The van der Waals surface area contributed by atoms with Gasteiger partial charge in [-0.05, 0) is 16.7 Å². The Labute approximate surface area is 153 Å². The molecule has 4 rings (SSSR count). The Morgan fingerprint density at radius 1 is 1.04 bits per heavy atom. The van der Waals surface area contributed by atoms with Gasteiger partial charge in [-0.15, -0.1) is 0 Å². The summed E-state index contributed by atoms with van der Waals surface area (Å²) in [7, 11) is 0. The quantitative estimate of drug-likeness (QED) is 0.788. The van der Waals surface area contributed by atoms with Crippen LogP contribution in [0.4, 0.5) is 5.82 Å². The van der Waals surface area contributed by atoms with Crippen LogP contribution < -0.4 is 5.73 Å². The number of rotatable bonds is 3. The monoisotopic (exact) mass is 340 g/mol. The maximum atomic E-state index is 9.68. The van der Waals surface area contributed by atoms with Crippen molar-refractivity contribution in [3.05, 3.63) is 83.0 Å². The van der Waals surface area contributed by atoms with Crippen molar-refractivity contribution in [3.8, 4) is 17.2 Å². The lowest BCUT2D eigenvalue weighted by atomic mass is 9.91. The van der Waals surface area contributed by atoms with Gasteiger partial charge in [0.15, 0.2) is 0 Å². The largest absolute Gasteiger partial charge is 0.383 e. The molecule has 0 atom stereocenters. The van der Waals surface area contributed by atoms with Crippen LogP contribution in [0.15, 0.2) is 60.7 Å². The van der Waals surface area contributed by atoms with Crippen LogP contribution in [0, 0.1) is 11.3 Å². The van der Waals surface area contributed by atoms with E-state index in [9.17, 15) is 5.26 Å². The first-order valence-electron chi connectivity index (χ1n) is 8.79. The molecule has 0 amide bonds. The number of anilines is 1. The fraction of sp³-hybridized carbons (Fsp3) is 0.182. The maximum absolute atomic E-state index is 9.68. The number of benzene rings is 2. The lowest BCUT2D eigenvalue weighted by Gasteiger charge is -2.30. The van der Waals surface area contributed by atoms with Crippen molar-refractivity contribution in [2.75, 3.05) is 12.3 Å². The van der Waals surface area contributed by atoms with Gasteiger partial charge in [-0.3, -0.25) is 4.90 Å². The molecule has 0 aliphatic carbocycles. The number of hydrogen-bond acceptors (Lipinski definition) is 4. The van der Waals surface area contributed by atoms with Crippen molar-refractivity contribution >= 4 is 5.82 Å². The van der Waals surface area contributed by atoms with Gasteiger partial charge in [0.25, 0.3) is 0 Å². The molecule has 128 valence electrons. The second-order valence-corrected chi connectivity index (χ2v) is 6.60. The summed E-state index contributed by atoms with van der Waals surface area (Å²) in [5.41, 5.74) is 12.0. The van der Waals surface area contributed by atoms with Crippen LogP contribution >= 0.6 is 0 Å². The van der Waals surface area contributed by atoms with E-state index in [0.29, 0.717) is 11.4 Å². The summed E-state index contributed by atoms with van der Waals surface area (Å²) < 4.78 is 0. The van der Waals surface area contributed by atoms with Gasteiger partial charge < -0.3 is 5.73 Å². The summed E-state index contributed by atoms with van der Waals surface area (Å²) in [5.74, 6) is 0.335. The third-order valence-corrected chi connectivity index (χ3v) is 4.88. The normalized spacial score (nSPS) is 13.8. The van der Waals surface area contributed by atoms with Gasteiger partial charge >= 0.3 is 0 Å². The molecular formula is C22H20N4. The van der Waals surface area contributed by atoms with Crippen LogP contribution in [0.5, 0.6) is 0 Å². The van der Waals surface area contributed by atoms with Gasteiger partial charge in [-0.25, -0.2) is 4.98 Å². The van der Waals surface area contributed by atoms with E-state index in [-0.39, 0.29) is 0 Å². The topological polar surface area (TPSA) is 65.9 Å². The fourth-order valence-electron chi connectivity index (χ4n) is 3.65. The maximum Gasteiger partial charge on any atom is 0.142 e. The van der Waals surface area contributed by atoms with Gasteiger partial charge in [0.2, 0.25) is 0 Å². The van der Waals surface area contributed by atoms with E-state index in [0.717, 1.165) is 48.4 Å². The number of hydrogen-bond donors (Lipinski definition) is 1. The minimum atomic E-state index is 0.335. The van der Waals surface area contributed by atoms with E-state index >= 15 is 0 Å². The predicted molar refractivity (Wildman–Crippen MR) is 103 cm³/mol. The molecule has 0 saturated carbocycles. The highest BCUT2D eigenvalue weighted by Gasteiger charge is 2.25. The Balaban J connectivity index is 1.76. The molecule has 2 heterocycles. The highest BCUT2D eigenvalue weighted by atomic mass is 15.1. The van der Waals surface area contributed by atoms with E-state index in [1.165, 1.54) is 5.56 Å². The van der Waals surface area contributed by atoms with Gasteiger partial charge in [0.05, 0.1) is 0 Å². The standard InChI is InChI=1S/C22H20N4/c23-13-18-21(17-9-5-2-6-10-17)19-15-26(12-11-20(19)25-22(18)24)14-16-7-3-1-4-8-16/h1-10H,11-12,14-15H2,(H2,24,25). The van der Waals surface area contributed by atoms with Gasteiger partial charge in [-0.1, -0.05) is 60.7 Å². The number of aromatic nitrogens is 1. The summed E-state index contributed by atoms with van der Waals surface area (Å²) in [6.07, 6.45) is 0.845. The zero-order chi connectivity index (χ0) is 17.9. The summed E-state index contributed by atoms with van der Waals surface area (Å²) in [5, 5.41) is 9.68. The average molecular weight is 340 g/mol. The smallest absolute Gasteiger partial charge is 0.142 e. The van der Waals surface area contributed by atoms with E-state index < -0.39 is 0 Å². The molecule has 0 unspecified atom stereocenters. The summed E-state index contributed by atoms with van der Waals surface area (Å²) in [4.78, 5) is 6.95. The lowest BCUT2D eigenvalue weighted by molar-refractivity contribution is 0.244. The van der Waals surface area contributed by atoms with Gasteiger partial charge in [-0.2, -0.15) is 5.26 Å². The third kappa shape index (κ3) is 3.05. The Morgan fingerprint density at radius 2 is 1.73 bits per heavy atom. The molecule has 0 radical (unpaired) electrons. The van der Waals surface area contributed by atoms with Crippen molar-refractivity contribution in [1.82, 2.24) is 9.88 Å². The molecule has 26 heavy (non-hydrogen) atoms. The van der Waals surface area contributed by atoms with Crippen molar-refractivity contribution in [3.63, 3.8) is 0 Å². The summed E-state index contributed by atoms with van der Waals surface area (Å²) >= 11 is 0. The Bertz CT molecular complexity index is 959. The molecule has 0 bridgehead atoms. The first-order chi connectivity index (χ1) is 12.8. The van der Waals surface area contributed by atoms with Crippen LogP contribution in [-0.4, -0.2) is 16.4 Å². The molecule has 0 spiro atoms. The Morgan fingerprint density at radius 3 is 2.42 bits per heavy atom. The number of nitrogens with two attached hydrogens (primary N) is 1. The Hall–Kier alpha value is -3.16. The predicted octanol–water partition coefficient (Wildman–Crippen LogP) is 3.76. The number of nitrogen functional groups attached to an aromatic ring is 1. The lowest BCUT2D eigenvalue weighted by Crippen LogP contribution is -2.31. The SMILES string of the molecule is N#Cc1c(N)nc2c(c1-c1ccccc1)CN(Cc1ccccc1)CC2. The number of fused-ring (bicyclic) bond motifs is 1. The molecule has 1 aromatic heterocycles. The first-order valence-corrected chi connectivity index (χ1v) is 8.79. The highest BCUT2D eigenvalue weighted by Crippen LogP contribution is 2.35. The van der Waals surface area contributed by atoms with E-state index in [2.05, 4.69) is 40.2 Å². The van der Waals surface area contributed by atoms with Crippen LogP contribution in [-0.2, 0) is 19.5 Å². The molecule has 1 aliphatic rings. The first kappa shape index (κ1) is 16.3. The number of nitriles is 1. The van der Waals surface area contributed by atoms with Crippen LogP contribution in [0.25, 0.3) is 11.1 Å². The molecule has 0 fully saturated rings. The van der Waals surface area contributed by atoms with E-state index in [1.807, 2.05) is 36.4 Å². The highest BCUT2D eigenvalue weighted by molar-refractivity contribution is 5.79. The molecule has 4 heteroatoms. The zero-order valence-corrected chi connectivity index (χ0v) is 14.5. The fourth-order valence-corrected chi connectivity index (χ4v) is 3.65. The van der Waals surface area contributed by atoms with Crippen LogP contribution in [0.1, 0.15) is 22.4 Å². The van der Waals surface area contributed by atoms with E-state index in [4.69, 9.17) is 5.73 Å². The number of nitrogens with zero attached hydrogens (tertiary/aromatic N) is 3. The second kappa shape index (κ2) is 6.99. The molecule has 3 aromatic rings. The van der Waals surface area contributed by atoms with Crippen molar-refractivity contribution < 1.29 is 0 Å². The van der Waals surface area contributed by atoms with E-state index in [1.54, 1.807) is 0 Å². The summed E-state index contributed by atoms with van der Waals surface area (Å²) in [6.45, 7) is 2.60. The molecule has 2 N–H and O–H groups in total. The molecule has 4 nitrogen and oxygen atoms in total. The molecule has 0 saturated heterocycles. The zero-order valence-electron chi connectivity index (χ0n) is 14.5. The summed E-state index contributed by atoms with van der Waals surface area (Å²) in [6, 6.07) is 22.8. The minimum absolute atomic E-state index is 0.335. The Kier molecular flexibility index (Phi) is 4.39. The minimum Gasteiger partial charge on any atom is -0.383 e. The second-order valence-electron chi connectivity index (χ2n) is 6.60. The molecular weight excluding hydrogens is 320 g/mol. The van der Waals surface area contributed by atoms with Crippen molar-refractivity contribution in [2.24, 2.45) is 0 Å². The number of pyridine rings is 1. The van der Waals surface area contributed by atoms with Gasteiger partial charge in [0, 0.05) is 37.3 Å². The van der Waals surface area contributed by atoms with Crippen molar-refractivity contribution in [2.45, 2.75) is 19.5 Å². The third-order valence-electron chi connectivity index (χ3n) is 4.88.